The quantitative estimate of drug-likeness (QED) is 0.350. The first-order valence-corrected chi connectivity index (χ1v) is 14.4. The molecule has 4 N–H and O–H groups in total. The molecule has 2 aliphatic rings. The summed E-state index contributed by atoms with van der Waals surface area (Å²) in [5, 5.41) is 21.0. The van der Waals surface area contributed by atoms with Gasteiger partial charge in [0.1, 0.15) is 18.2 Å². The van der Waals surface area contributed by atoms with E-state index in [9.17, 15) is 18.3 Å². The lowest BCUT2D eigenvalue weighted by atomic mass is 9.94. The highest BCUT2D eigenvalue weighted by Gasteiger charge is 2.35. The standard InChI is InChI=1S/C24H25ClN4O6S2/c25-18-3-1-2-13-4-5-34-23(21(13)18)15-7-20(36-11-15)22(31)17-9-27-12-28-24(17)29-16-6-14(19(30)8-16)10-35-37(26,32)33/h1-3,7,9,11-12,14,16,19,23,30H,4-6,8,10H2,(H2,26,32,33)(H,27,28,29)/t14-,16-,19+,23?/m1/s1. The Morgan fingerprint density at radius 2 is 2.19 bits per heavy atom. The van der Waals surface area contributed by atoms with Crippen LogP contribution in [0.3, 0.4) is 0 Å². The molecule has 0 saturated heterocycles. The molecule has 5 rings (SSSR count). The topological polar surface area (TPSA) is 154 Å². The van der Waals surface area contributed by atoms with Crippen LogP contribution in [0.25, 0.3) is 0 Å². The van der Waals surface area contributed by atoms with Crippen molar-refractivity contribution in [2.24, 2.45) is 11.1 Å². The van der Waals surface area contributed by atoms with E-state index in [0.717, 1.165) is 23.1 Å². The maximum atomic E-state index is 13.5. The second-order valence-electron chi connectivity index (χ2n) is 9.09. The van der Waals surface area contributed by atoms with E-state index in [2.05, 4.69) is 19.5 Å². The van der Waals surface area contributed by atoms with Crippen molar-refractivity contribution in [3.05, 3.63) is 74.3 Å². The number of aliphatic hydroxyl groups excluding tert-OH is 1. The monoisotopic (exact) mass is 564 g/mol. The van der Waals surface area contributed by atoms with E-state index >= 15 is 0 Å². The minimum Gasteiger partial charge on any atom is -0.393 e. The molecule has 3 aromatic rings. The summed E-state index contributed by atoms with van der Waals surface area (Å²) in [4.78, 5) is 22.3. The van der Waals surface area contributed by atoms with Gasteiger partial charge < -0.3 is 15.2 Å². The molecule has 1 saturated carbocycles. The van der Waals surface area contributed by atoms with Crippen LogP contribution in [0.5, 0.6) is 0 Å². The summed E-state index contributed by atoms with van der Waals surface area (Å²) in [6, 6.07) is 7.37. The molecule has 2 aromatic heterocycles. The molecule has 1 aliphatic carbocycles. The van der Waals surface area contributed by atoms with Crippen LogP contribution >= 0.6 is 22.9 Å². The fourth-order valence-corrected chi connectivity index (χ4v) is 6.39. The molecule has 0 spiro atoms. The largest absolute Gasteiger partial charge is 0.393 e. The van der Waals surface area contributed by atoms with Crippen LogP contribution in [0.4, 0.5) is 5.82 Å². The van der Waals surface area contributed by atoms with Gasteiger partial charge in [-0.05, 0) is 47.9 Å². The number of benzene rings is 1. The minimum absolute atomic E-state index is 0.220. The zero-order chi connectivity index (χ0) is 26.2. The summed E-state index contributed by atoms with van der Waals surface area (Å²) < 4.78 is 32.9. The third kappa shape index (κ3) is 5.85. The van der Waals surface area contributed by atoms with Gasteiger partial charge in [0.15, 0.2) is 0 Å². The maximum Gasteiger partial charge on any atom is 0.333 e. The third-order valence-corrected chi connectivity index (χ3v) is 8.35. The van der Waals surface area contributed by atoms with Crippen molar-refractivity contribution in [2.45, 2.75) is 37.5 Å². The summed E-state index contributed by atoms with van der Waals surface area (Å²) in [5.74, 6) is -0.341. The second-order valence-corrected chi connectivity index (χ2v) is 11.6. The number of halogens is 1. The molecule has 0 bridgehead atoms. The molecule has 1 unspecified atom stereocenters. The molecular weight excluding hydrogens is 540 g/mol. The fourth-order valence-electron chi connectivity index (χ4n) is 4.85. The zero-order valence-corrected chi connectivity index (χ0v) is 21.9. The third-order valence-electron chi connectivity index (χ3n) is 6.61. The number of thiophene rings is 1. The van der Waals surface area contributed by atoms with Crippen LogP contribution in [0, 0.1) is 5.92 Å². The van der Waals surface area contributed by atoms with Gasteiger partial charge in [-0.15, -0.1) is 11.3 Å². The van der Waals surface area contributed by atoms with Gasteiger partial charge in [-0.25, -0.2) is 15.1 Å². The Labute approximate surface area is 223 Å². The average Bonchev–Trinajstić information content (AvgIpc) is 3.49. The van der Waals surface area contributed by atoms with E-state index in [-0.39, 0.29) is 30.1 Å². The van der Waals surface area contributed by atoms with Crippen molar-refractivity contribution in [1.29, 1.82) is 0 Å². The van der Waals surface area contributed by atoms with Gasteiger partial charge in [0.05, 0.1) is 29.8 Å². The number of fused-ring (bicyclic) bond motifs is 1. The predicted molar refractivity (Wildman–Crippen MR) is 138 cm³/mol. The lowest BCUT2D eigenvalue weighted by Crippen LogP contribution is -2.24. The highest BCUT2D eigenvalue weighted by Crippen LogP contribution is 2.39. The lowest BCUT2D eigenvalue weighted by molar-refractivity contribution is 0.0702. The van der Waals surface area contributed by atoms with E-state index in [1.807, 2.05) is 29.6 Å². The normalized spacial score (nSPS) is 23.5. The van der Waals surface area contributed by atoms with Crippen LogP contribution < -0.4 is 10.5 Å². The molecule has 1 aliphatic heterocycles. The highest BCUT2D eigenvalue weighted by molar-refractivity contribution is 7.84. The lowest BCUT2D eigenvalue weighted by Gasteiger charge is -2.26. The SMILES string of the molecule is NS(=O)(=O)OC[C@H]1C[C@@H](Nc2ncncc2C(=O)c2cc(C3OCCc4cccc(Cl)c43)cs2)C[C@@H]1O. The van der Waals surface area contributed by atoms with Gasteiger partial charge in [-0.3, -0.25) is 8.98 Å². The Morgan fingerprint density at radius 1 is 1.35 bits per heavy atom. The number of aliphatic hydroxyl groups is 1. The van der Waals surface area contributed by atoms with Crippen LogP contribution in [-0.2, 0) is 25.6 Å². The number of ketones is 1. The molecule has 4 atom stereocenters. The molecule has 10 nitrogen and oxygen atoms in total. The molecule has 0 radical (unpaired) electrons. The molecule has 3 heterocycles. The van der Waals surface area contributed by atoms with Crippen molar-refractivity contribution >= 4 is 44.8 Å². The number of carbonyl (C=O) groups excluding carboxylic acids is 1. The van der Waals surface area contributed by atoms with Crippen molar-refractivity contribution < 1.29 is 27.2 Å². The Bertz CT molecular complexity index is 1420. The number of aromatic nitrogens is 2. The highest BCUT2D eigenvalue weighted by atomic mass is 35.5. The van der Waals surface area contributed by atoms with Gasteiger partial charge in [0.2, 0.25) is 5.78 Å². The number of rotatable bonds is 8. The van der Waals surface area contributed by atoms with Crippen LogP contribution in [0.1, 0.15) is 50.9 Å². The molecule has 37 heavy (non-hydrogen) atoms. The first kappa shape index (κ1) is 26.2. The molecular formula is C24H25ClN4O6S2. The molecule has 196 valence electrons. The van der Waals surface area contributed by atoms with Gasteiger partial charge in [-0.2, -0.15) is 8.42 Å². The number of hydrogen-bond donors (Lipinski definition) is 3. The second kappa shape index (κ2) is 10.7. The molecule has 0 amide bonds. The van der Waals surface area contributed by atoms with Crippen molar-refractivity contribution in [3.63, 3.8) is 0 Å². The summed E-state index contributed by atoms with van der Waals surface area (Å²) >= 11 is 7.79. The van der Waals surface area contributed by atoms with Gasteiger partial charge in [-0.1, -0.05) is 23.7 Å². The van der Waals surface area contributed by atoms with Crippen LogP contribution in [0.2, 0.25) is 5.02 Å². The Kier molecular flexibility index (Phi) is 7.59. The smallest absolute Gasteiger partial charge is 0.333 e. The Balaban J connectivity index is 1.32. The maximum absolute atomic E-state index is 13.5. The van der Waals surface area contributed by atoms with Gasteiger partial charge in [0.25, 0.3) is 0 Å². The van der Waals surface area contributed by atoms with E-state index < -0.39 is 22.3 Å². The number of carbonyl (C=O) groups is 1. The van der Waals surface area contributed by atoms with E-state index in [1.54, 1.807) is 0 Å². The van der Waals surface area contributed by atoms with Crippen molar-refractivity contribution in [2.75, 3.05) is 18.5 Å². The molecule has 13 heteroatoms. The number of nitrogens with two attached hydrogens (primary N) is 1. The minimum atomic E-state index is -4.10. The summed E-state index contributed by atoms with van der Waals surface area (Å²) in [7, 11) is -4.10. The van der Waals surface area contributed by atoms with E-state index in [4.69, 9.17) is 21.5 Å². The van der Waals surface area contributed by atoms with Gasteiger partial charge in [0, 0.05) is 28.7 Å². The zero-order valence-electron chi connectivity index (χ0n) is 19.5. The Morgan fingerprint density at radius 3 is 3.00 bits per heavy atom. The van der Waals surface area contributed by atoms with Crippen LogP contribution in [0.15, 0.2) is 42.2 Å². The Hall–Kier alpha value is -2.45. The van der Waals surface area contributed by atoms with Crippen molar-refractivity contribution in [3.8, 4) is 0 Å². The average molecular weight is 565 g/mol. The summed E-state index contributed by atoms with van der Waals surface area (Å²) in [6.45, 7) is 0.344. The first-order valence-electron chi connectivity index (χ1n) is 11.6. The van der Waals surface area contributed by atoms with E-state index in [1.165, 1.54) is 23.9 Å². The molecule has 1 aromatic carbocycles. The first-order chi connectivity index (χ1) is 17.7. The fraction of sp³-hybridized carbons (Fsp3) is 0.375. The summed E-state index contributed by atoms with van der Waals surface area (Å²) in [6.07, 6.45) is 3.18. The van der Waals surface area contributed by atoms with E-state index in [0.29, 0.717) is 35.2 Å². The molecule has 1 fully saturated rings. The van der Waals surface area contributed by atoms with Crippen molar-refractivity contribution in [1.82, 2.24) is 9.97 Å². The number of hydrogen-bond acceptors (Lipinski definition) is 10. The number of nitrogens with one attached hydrogen (secondary N) is 1. The van der Waals surface area contributed by atoms with Gasteiger partial charge >= 0.3 is 10.3 Å². The van der Waals surface area contributed by atoms with Crippen LogP contribution in [-0.4, -0.2) is 54.6 Å². The summed E-state index contributed by atoms with van der Waals surface area (Å²) in [5.41, 5.74) is 3.21. The predicted octanol–water partition coefficient (Wildman–Crippen LogP) is 2.86. The number of nitrogens with zero attached hydrogens (tertiary/aromatic N) is 2. The number of ether oxygens (including phenoxy) is 1. The number of anilines is 1.